The van der Waals surface area contributed by atoms with Gasteiger partial charge in [-0.05, 0) is 42.4 Å². The van der Waals surface area contributed by atoms with Crippen molar-refractivity contribution in [3.8, 4) is 0 Å². The van der Waals surface area contributed by atoms with Crippen molar-refractivity contribution in [2.75, 3.05) is 6.54 Å². The Hall–Kier alpha value is -0.830. The summed E-state index contributed by atoms with van der Waals surface area (Å²) in [6, 6.07) is 8.47. The van der Waals surface area contributed by atoms with E-state index < -0.39 is 0 Å². The smallest absolute Gasteiger partial charge is 0.219 e. The van der Waals surface area contributed by atoms with Crippen LogP contribution >= 0.6 is 15.9 Å². The fraction of sp³-hybridized carbons (Fsp3) is 0.500. The molecule has 0 aliphatic heterocycles. The minimum Gasteiger partial charge on any atom is -0.356 e. The van der Waals surface area contributed by atoms with E-state index in [1.807, 2.05) is 13.0 Å². The van der Waals surface area contributed by atoms with Crippen molar-refractivity contribution in [2.24, 2.45) is 5.92 Å². The Morgan fingerprint density at radius 1 is 1.53 bits per heavy atom. The molecule has 0 aromatic heterocycles. The standard InChI is InChI=1S/C14H18BrNO/c1-2-4-14(17)16-9-11-8-13(11)10-5-3-6-12(15)7-10/h3,5-7,11,13H,2,4,8-9H2,1H3,(H,16,17)/t11-,13-/m0/s1. The largest absolute Gasteiger partial charge is 0.356 e. The van der Waals surface area contributed by atoms with Gasteiger partial charge in [-0.15, -0.1) is 0 Å². The lowest BCUT2D eigenvalue weighted by Gasteiger charge is -2.04. The number of rotatable bonds is 5. The number of halogens is 1. The molecule has 1 saturated carbocycles. The zero-order valence-corrected chi connectivity index (χ0v) is 11.7. The predicted octanol–water partition coefficient (Wildman–Crippen LogP) is 3.47. The van der Waals surface area contributed by atoms with E-state index in [-0.39, 0.29) is 5.91 Å². The molecule has 1 aromatic carbocycles. The molecule has 0 spiro atoms. The van der Waals surface area contributed by atoms with Crippen molar-refractivity contribution in [1.82, 2.24) is 5.32 Å². The van der Waals surface area contributed by atoms with Crippen molar-refractivity contribution in [3.05, 3.63) is 34.3 Å². The first-order valence-electron chi connectivity index (χ1n) is 6.23. The van der Waals surface area contributed by atoms with Gasteiger partial charge in [0.05, 0.1) is 0 Å². The maximum atomic E-state index is 11.4. The number of nitrogens with one attached hydrogen (secondary N) is 1. The maximum Gasteiger partial charge on any atom is 0.219 e. The van der Waals surface area contributed by atoms with Crippen LogP contribution in [0.25, 0.3) is 0 Å². The first kappa shape index (κ1) is 12.6. The predicted molar refractivity (Wildman–Crippen MR) is 72.9 cm³/mol. The molecular weight excluding hydrogens is 278 g/mol. The van der Waals surface area contributed by atoms with Gasteiger partial charge in [0.25, 0.3) is 0 Å². The molecule has 1 aliphatic carbocycles. The first-order chi connectivity index (χ1) is 8.20. The third kappa shape index (κ3) is 3.56. The van der Waals surface area contributed by atoms with E-state index in [1.54, 1.807) is 0 Å². The average Bonchev–Trinajstić information content (AvgIpc) is 3.06. The molecule has 0 radical (unpaired) electrons. The van der Waals surface area contributed by atoms with Crippen molar-refractivity contribution in [3.63, 3.8) is 0 Å². The Labute approximate surface area is 111 Å². The molecule has 0 unspecified atom stereocenters. The van der Waals surface area contributed by atoms with Crippen molar-refractivity contribution in [2.45, 2.75) is 32.1 Å². The molecule has 2 atom stereocenters. The summed E-state index contributed by atoms with van der Waals surface area (Å²) in [5.41, 5.74) is 1.38. The van der Waals surface area contributed by atoms with Gasteiger partial charge in [-0.3, -0.25) is 4.79 Å². The van der Waals surface area contributed by atoms with Crippen LogP contribution in [0.4, 0.5) is 0 Å². The highest BCUT2D eigenvalue weighted by atomic mass is 79.9. The third-order valence-electron chi connectivity index (χ3n) is 3.24. The van der Waals surface area contributed by atoms with Crippen LogP contribution in [-0.2, 0) is 4.79 Å². The van der Waals surface area contributed by atoms with E-state index in [2.05, 4.69) is 39.4 Å². The summed E-state index contributed by atoms with van der Waals surface area (Å²) in [5, 5.41) is 3.01. The van der Waals surface area contributed by atoms with Crippen molar-refractivity contribution < 1.29 is 4.79 Å². The van der Waals surface area contributed by atoms with Gasteiger partial charge >= 0.3 is 0 Å². The lowest BCUT2D eigenvalue weighted by Crippen LogP contribution is -2.25. The summed E-state index contributed by atoms with van der Waals surface area (Å²) >= 11 is 3.49. The molecule has 1 fully saturated rings. The molecule has 0 saturated heterocycles. The zero-order chi connectivity index (χ0) is 12.3. The van der Waals surface area contributed by atoms with Crippen LogP contribution in [-0.4, -0.2) is 12.5 Å². The summed E-state index contributed by atoms with van der Waals surface area (Å²) in [4.78, 5) is 11.4. The first-order valence-corrected chi connectivity index (χ1v) is 7.02. The number of hydrogen-bond acceptors (Lipinski definition) is 1. The molecule has 0 bridgehead atoms. The van der Waals surface area contributed by atoms with Gasteiger partial charge < -0.3 is 5.32 Å². The van der Waals surface area contributed by atoms with Crippen LogP contribution in [0.1, 0.15) is 37.7 Å². The molecule has 17 heavy (non-hydrogen) atoms. The van der Waals surface area contributed by atoms with Crippen LogP contribution in [0.15, 0.2) is 28.7 Å². The highest BCUT2D eigenvalue weighted by Gasteiger charge is 2.38. The maximum absolute atomic E-state index is 11.4. The Morgan fingerprint density at radius 2 is 2.35 bits per heavy atom. The van der Waals surface area contributed by atoms with Gasteiger partial charge in [0.2, 0.25) is 5.91 Å². The normalized spacial score (nSPS) is 22.2. The van der Waals surface area contributed by atoms with E-state index in [4.69, 9.17) is 0 Å². The SMILES string of the molecule is CCCC(=O)NC[C@@H]1C[C@H]1c1cccc(Br)c1. The highest BCUT2D eigenvalue weighted by molar-refractivity contribution is 9.10. The van der Waals surface area contributed by atoms with E-state index in [1.165, 1.54) is 12.0 Å². The third-order valence-corrected chi connectivity index (χ3v) is 3.73. The lowest BCUT2D eigenvalue weighted by atomic mass is 10.1. The van der Waals surface area contributed by atoms with Crippen LogP contribution in [0.3, 0.4) is 0 Å². The van der Waals surface area contributed by atoms with Gasteiger partial charge in [-0.2, -0.15) is 0 Å². The number of carbonyl (C=O) groups is 1. The van der Waals surface area contributed by atoms with Crippen molar-refractivity contribution in [1.29, 1.82) is 0 Å². The number of carbonyl (C=O) groups excluding carboxylic acids is 1. The van der Waals surface area contributed by atoms with Gasteiger partial charge in [0.15, 0.2) is 0 Å². The minimum absolute atomic E-state index is 0.187. The van der Waals surface area contributed by atoms with E-state index >= 15 is 0 Å². The second-order valence-electron chi connectivity index (χ2n) is 4.71. The van der Waals surface area contributed by atoms with Crippen LogP contribution in [0.5, 0.6) is 0 Å². The van der Waals surface area contributed by atoms with Gasteiger partial charge in [0, 0.05) is 17.4 Å². The van der Waals surface area contributed by atoms with E-state index in [0.717, 1.165) is 17.4 Å². The van der Waals surface area contributed by atoms with Crippen LogP contribution < -0.4 is 5.32 Å². The second-order valence-corrected chi connectivity index (χ2v) is 5.63. The molecule has 0 heterocycles. The van der Waals surface area contributed by atoms with Crippen LogP contribution in [0, 0.1) is 5.92 Å². The van der Waals surface area contributed by atoms with Gasteiger partial charge in [-0.1, -0.05) is 35.0 Å². The lowest BCUT2D eigenvalue weighted by molar-refractivity contribution is -0.121. The topological polar surface area (TPSA) is 29.1 Å². The summed E-state index contributed by atoms with van der Waals surface area (Å²) in [6.07, 6.45) is 2.77. The number of hydrogen-bond donors (Lipinski definition) is 1. The fourth-order valence-electron chi connectivity index (χ4n) is 2.18. The Bertz CT molecular complexity index is 405. The zero-order valence-electron chi connectivity index (χ0n) is 10.1. The Kier molecular flexibility index (Phi) is 4.21. The van der Waals surface area contributed by atoms with Gasteiger partial charge in [-0.25, -0.2) is 0 Å². The number of amides is 1. The average molecular weight is 296 g/mol. The minimum atomic E-state index is 0.187. The molecule has 1 N–H and O–H groups in total. The Balaban J connectivity index is 1.79. The quantitative estimate of drug-likeness (QED) is 0.885. The van der Waals surface area contributed by atoms with Crippen LogP contribution in [0.2, 0.25) is 0 Å². The van der Waals surface area contributed by atoms with E-state index in [9.17, 15) is 4.79 Å². The molecule has 1 amide bonds. The molecule has 2 rings (SSSR count). The molecule has 92 valence electrons. The molecular formula is C14H18BrNO. The highest BCUT2D eigenvalue weighted by Crippen LogP contribution is 2.47. The number of benzene rings is 1. The molecule has 1 aliphatic rings. The fourth-order valence-corrected chi connectivity index (χ4v) is 2.60. The van der Waals surface area contributed by atoms with Crippen molar-refractivity contribution >= 4 is 21.8 Å². The Morgan fingerprint density at radius 3 is 3.06 bits per heavy atom. The second kappa shape index (κ2) is 5.67. The van der Waals surface area contributed by atoms with E-state index in [0.29, 0.717) is 18.3 Å². The summed E-state index contributed by atoms with van der Waals surface area (Å²) in [5.74, 6) is 1.45. The molecule has 3 heteroatoms. The monoisotopic (exact) mass is 295 g/mol. The molecule has 2 nitrogen and oxygen atoms in total. The van der Waals surface area contributed by atoms with Gasteiger partial charge in [0.1, 0.15) is 0 Å². The summed E-state index contributed by atoms with van der Waals surface area (Å²) in [7, 11) is 0. The summed E-state index contributed by atoms with van der Waals surface area (Å²) < 4.78 is 1.13. The molecule has 1 aromatic rings. The summed E-state index contributed by atoms with van der Waals surface area (Å²) in [6.45, 7) is 2.86.